The zero-order valence-corrected chi connectivity index (χ0v) is 15.1. The first-order chi connectivity index (χ1) is 11.5. The third-order valence-corrected chi connectivity index (χ3v) is 4.91. The molecule has 0 radical (unpaired) electrons. The summed E-state index contributed by atoms with van der Waals surface area (Å²) in [6, 6.07) is 7.03. The Morgan fingerprint density at radius 1 is 1.17 bits per heavy atom. The molecule has 0 heterocycles. The number of hydrogen-bond acceptors (Lipinski definition) is 2. The lowest BCUT2D eigenvalue weighted by Gasteiger charge is -2.23. The Morgan fingerprint density at radius 2 is 1.83 bits per heavy atom. The molecule has 24 heavy (non-hydrogen) atoms. The summed E-state index contributed by atoms with van der Waals surface area (Å²) < 4.78 is 0. The number of amides is 3. The number of urea groups is 1. The van der Waals surface area contributed by atoms with Crippen LogP contribution in [-0.2, 0) is 4.79 Å². The van der Waals surface area contributed by atoms with E-state index in [1.54, 1.807) is 6.92 Å². The van der Waals surface area contributed by atoms with E-state index in [2.05, 4.69) is 10.6 Å². The lowest BCUT2D eigenvalue weighted by Crippen LogP contribution is -2.92. The third kappa shape index (κ3) is 5.49. The predicted octanol–water partition coefficient (Wildman–Crippen LogP) is 2.51. The molecule has 0 bridgehead atoms. The van der Waals surface area contributed by atoms with Gasteiger partial charge < -0.3 is 10.6 Å². The monoisotopic (exact) mass is 352 g/mol. The second-order valence-corrected chi connectivity index (χ2v) is 7.00. The van der Waals surface area contributed by atoms with Crippen molar-refractivity contribution in [3.05, 3.63) is 34.9 Å². The number of rotatable bonds is 5. The van der Waals surface area contributed by atoms with Crippen molar-refractivity contribution in [2.24, 2.45) is 0 Å². The standard InChI is InChI=1S/C18H26ClN3O2/c1-12(15-10-6-7-11-16(15)19)20-13(2)17(23)22-18(24)21-14-8-4-3-5-9-14/h6-7,10-14,20H,3-5,8-9H2,1-2H3,(H2,21,22,23,24)/p+1/t12-,13+/m1/s1. The van der Waals surface area contributed by atoms with Gasteiger partial charge in [-0.1, -0.05) is 49.1 Å². The zero-order valence-electron chi connectivity index (χ0n) is 14.3. The highest BCUT2D eigenvalue weighted by Crippen LogP contribution is 2.19. The van der Waals surface area contributed by atoms with Crippen LogP contribution in [0.4, 0.5) is 4.79 Å². The SMILES string of the molecule is C[C@H]([NH2+][C@H](C)c1ccccc1Cl)C(=O)NC(=O)NC1CCCCC1. The lowest BCUT2D eigenvalue weighted by molar-refractivity contribution is -0.710. The van der Waals surface area contributed by atoms with Gasteiger partial charge in [-0.05, 0) is 32.8 Å². The highest BCUT2D eigenvalue weighted by atomic mass is 35.5. The molecule has 1 saturated carbocycles. The van der Waals surface area contributed by atoms with Crippen LogP contribution in [0, 0.1) is 0 Å². The summed E-state index contributed by atoms with van der Waals surface area (Å²) in [4.78, 5) is 24.2. The number of nitrogens with two attached hydrogens (primary N) is 1. The Hall–Kier alpha value is -1.59. The van der Waals surface area contributed by atoms with Gasteiger partial charge in [-0.15, -0.1) is 0 Å². The molecule has 4 N–H and O–H groups in total. The summed E-state index contributed by atoms with van der Waals surface area (Å²) in [5.41, 5.74) is 0.977. The topological polar surface area (TPSA) is 74.8 Å². The molecule has 0 aromatic heterocycles. The summed E-state index contributed by atoms with van der Waals surface area (Å²) >= 11 is 6.19. The van der Waals surface area contributed by atoms with Crippen LogP contribution in [0.2, 0.25) is 5.02 Å². The van der Waals surface area contributed by atoms with Gasteiger partial charge in [-0.25, -0.2) is 4.79 Å². The van der Waals surface area contributed by atoms with Gasteiger partial charge in [0.15, 0.2) is 6.04 Å². The zero-order chi connectivity index (χ0) is 17.5. The number of hydrogen-bond donors (Lipinski definition) is 3. The van der Waals surface area contributed by atoms with Gasteiger partial charge in [0, 0.05) is 16.6 Å². The molecule has 0 spiro atoms. The highest BCUT2D eigenvalue weighted by Gasteiger charge is 2.24. The minimum absolute atomic E-state index is 0.0286. The van der Waals surface area contributed by atoms with Gasteiger partial charge in [-0.2, -0.15) is 0 Å². The molecule has 1 fully saturated rings. The molecule has 0 unspecified atom stereocenters. The molecule has 1 aliphatic rings. The van der Waals surface area contributed by atoms with Gasteiger partial charge in [0.2, 0.25) is 0 Å². The molecule has 1 aliphatic carbocycles. The van der Waals surface area contributed by atoms with Crippen molar-refractivity contribution < 1.29 is 14.9 Å². The number of benzene rings is 1. The van der Waals surface area contributed by atoms with Crippen molar-refractivity contribution in [2.75, 3.05) is 0 Å². The maximum Gasteiger partial charge on any atom is 0.321 e. The summed E-state index contributed by atoms with van der Waals surface area (Å²) in [7, 11) is 0. The number of imide groups is 1. The normalized spacial score (nSPS) is 17.8. The number of halogens is 1. The van der Waals surface area contributed by atoms with Crippen molar-refractivity contribution in [1.29, 1.82) is 0 Å². The quantitative estimate of drug-likeness (QED) is 0.761. The summed E-state index contributed by atoms with van der Waals surface area (Å²) in [6.07, 6.45) is 5.49. The molecule has 0 aliphatic heterocycles. The summed E-state index contributed by atoms with van der Waals surface area (Å²) in [5.74, 6) is -0.290. The van der Waals surface area contributed by atoms with Gasteiger partial charge in [0.1, 0.15) is 6.04 Å². The molecule has 5 nitrogen and oxygen atoms in total. The Morgan fingerprint density at radius 3 is 2.50 bits per heavy atom. The first kappa shape index (κ1) is 18.7. The Kier molecular flexibility index (Phi) is 7.06. The number of carbonyl (C=O) groups is 2. The van der Waals surface area contributed by atoms with Crippen LogP contribution in [0.5, 0.6) is 0 Å². The van der Waals surface area contributed by atoms with E-state index in [0.717, 1.165) is 31.2 Å². The molecular weight excluding hydrogens is 326 g/mol. The molecule has 1 aromatic rings. The largest absolute Gasteiger partial charge is 0.335 e. The average molecular weight is 353 g/mol. The van der Waals surface area contributed by atoms with Crippen molar-refractivity contribution in [3.8, 4) is 0 Å². The Balaban J connectivity index is 1.81. The minimum Gasteiger partial charge on any atom is -0.335 e. The van der Waals surface area contributed by atoms with Gasteiger partial charge in [0.25, 0.3) is 5.91 Å². The van der Waals surface area contributed by atoms with Crippen molar-refractivity contribution in [1.82, 2.24) is 10.6 Å². The van der Waals surface area contributed by atoms with Crippen LogP contribution in [0.3, 0.4) is 0 Å². The van der Waals surface area contributed by atoms with E-state index in [-0.39, 0.29) is 24.0 Å². The fourth-order valence-corrected chi connectivity index (χ4v) is 3.47. The van der Waals surface area contributed by atoms with E-state index in [1.807, 2.05) is 36.5 Å². The van der Waals surface area contributed by atoms with Crippen molar-refractivity contribution >= 4 is 23.5 Å². The third-order valence-electron chi connectivity index (χ3n) is 4.56. The van der Waals surface area contributed by atoms with E-state index in [9.17, 15) is 9.59 Å². The fourth-order valence-electron chi connectivity index (χ4n) is 3.16. The van der Waals surface area contributed by atoms with E-state index >= 15 is 0 Å². The lowest BCUT2D eigenvalue weighted by atomic mass is 9.96. The Bertz CT molecular complexity index is 573. The van der Waals surface area contributed by atoms with Crippen molar-refractivity contribution in [3.63, 3.8) is 0 Å². The molecule has 132 valence electrons. The van der Waals surface area contributed by atoms with Crippen molar-refractivity contribution in [2.45, 2.75) is 64.1 Å². The minimum atomic E-state index is -0.391. The maximum atomic E-state index is 12.2. The van der Waals surface area contributed by atoms with E-state index < -0.39 is 6.03 Å². The molecule has 0 saturated heterocycles. The highest BCUT2D eigenvalue weighted by molar-refractivity contribution is 6.31. The number of quaternary nitrogens is 1. The first-order valence-corrected chi connectivity index (χ1v) is 9.06. The second-order valence-electron chi connectivity index (χ2n) is 6.59. The molecule has 2 rings (SSSR count). The molecule has 1 aromatic carbocycles. The van der Waals surface area contributed by atoms with Crippen LogP contribution in [0.1, 0.15) is 57.6 Å². The molecule has 2 atom stereocenters. The van der Waals surface area contributed by atoms with Gasteiger partial charge in [-0.3, -0.25) is 10.1 Å². The van der Waals surface area contributed by atoms with E-state index in [4.69, 9.17) is 11.6 Å². The molecular formula is C18H27ClN3O2+. The van der Waals surface area contributed by atoms with E-state index in [1.165, 1.54) is 6.42 Å². The number of carbonyl (C=O) groups excluding carboxylic acids is 2. The molecule has 6 heteroatoms. The number of nitrogens with one attached hydrogen (secondary N) is 2. The van der Waals surface area contributed by atoms with Crippen LogP contribution < -0.4 is 16.0 Å². The average Bonchev–Trinajstić information content (AvgIpc) is 2.55. The predicted molar refractivity (Wildman–Crippen MR) is 94.8 cm³/mol. The smallest absolute Gasteiger partial charge is 0.321 e. The first-order valence-electron chi connectivity index (χ1n) is 8.68. The molecule has 3 amide bonds. The van der Waals surface area contributed by atoms with Crippen LogP contribution in [-0.4, -0.2) is 24.0 Å². The summed E-state index contributed by atoms with van der Waals surface area (Å²) in [5, 5.41) is 7.93. The van der Waals surface area contributed by atoms with Gasteiger partial charge in [0.05, 0.1) is 0 Å². The fraction of sp³-hybridized carbons (Fsp3) is 0.556. The van der Waals surface area contributed by atoms with Crippen LogP contribution in [0.15, 0.2) is 24.3 Å². The van der Waals surface area contributed by atoms with E-state index in [0.29, 0.717) is 5.02 Å². The van der Waals surface area contributed by atoms with Crippen LogP contribution in [0.25, 0.3) is 0 Å². The maximum absolute atomic E-state index is 12.2. The second kappa shape index (κ2) is 9.04. The van der Waals surface area contributed by atoms with Gasteiger partial charge >= 0.3 is 6.03 Å². The van der Waals surface area contributed by atoms with Crippen LogP contribution >= 0.6 is 11.6 Å². The Labute approximate surface area is 148 Å². The summed E-state index contributed by atoms with van der Waals surface area (Å²) in [6.45, 7) is 3.78.